The SMILES string of the molecule is CC(=O)OC[C@H]1O[C@@H]([S@@](=O)CCC#N)[C@@H](OC(C)=O)[C@@H](OC(C)=O)[C@@H]1OC(C)=O. The minimum Gasteiger partial charge on any atom is -0.463 e. The Morgan fingerprint density at radius 1 is 0.897 bits per heavy atom. The number of nitrogens with zero attached hydrogens (tertiary/aromatic N) is 1. The standard InChI is InChI=1S/C17H23NO10S/c1-9(19)24-8-13-14(25-10(2)20)15(26-11(3)21)16(27-12(4)22)17(28-13)29(23)7-5-6-18/h13-17H,5,7-8H2,1-4H3/t13-,14-,15+,16+,17+,29+/m1/s1. The van der Waals surface area contributed by atoms with E-state index in [2.05, 4.69) is 0 Å². The molecule has 12 heteroatoms. The van der Waals surface area contributed by atoms with E-state index in [-0.39, 0.29) is 12.2 Å². The van der Waals surface area contributed by atoms with Crippen LogP contribution < -0.4 is 0 Å². The molecule has 0 bridgehead atoms. The Labute approximate surface area is 170 Å². The molecule has 0 aromatic heterocycles. The minimum atomic E-state index is -1.85. The number of rotatable bonds is 8. The first-order valence-electron chi connectivity index (χ1n) is 8.61. The molecular formula is C17H23NO10S. The Balaban J connectivity index is 3.35. The Morgan fingerprint density at radius 2 is 1.41 bits per heavy atom. The lowest BCUT2D eigenvalue weighted by Gasteiger charge is -2.43. The van der Waals surface area contributed by atoms with Crippen LogP contribution in [0.1, 0.15) is 34.1 Å². The van der Waals surface area contributed by atoms with Gasteiger partial charge in [0.15, 0.2) is 23.7 Å². The summed E-state index contributed by atoms with van der Waals surface area (Å²) in [7, 11) is -1.85. The number of hydrogen-bond donors (Lipinski definition) is 0. The van der Waals surface area contributed by atoms with E-state index in [1.807, 2.05) is 6.07 Å². The van der Waals surface area contributed by atoms with Crippen molar-refractivity contribution in [2.24, 2.45) is 0 Å². The van der Waals surface area contributed by atoms with Crippen LogP contribution in [-0.4, -0.2) is 70.3 Å². The van der Waals surface area contributed by atoms with E-state index in [0.717, 1.165) is 27.7 Å². The third kappa shape index (κ3) is 7.78. The first kappa shape index (κ1) is 24.5. The highest BCUT2D eigenvalue weighted by Gasteiger charge is 2.53. The van der Waals surface area contributed by atoms with Gasteiger partial charge < -0.3 is 23.7 Å². The van der Waals surface area contributed by atoms with Gasteiger partial charge in [0.25, 0.3) is 0 Å². The first-order chi connectivity index (χ1) is 13.6. The van der Waals surface area contributed by atoms with Crippen LogP contribution in [0.25, 0.3) is 0 Å². The predicted octanol–water partition coefficient (Wildman–Crippen LogP) is -0.268. The lowest BCUT2D eigenvalue weighted by atomic mass is 9.99. The van der Waals surface area contributed by atoms with Gasteiger partial charge in [0, 0.05) is 39.9 Å². The molecule has 1 aliphatic rings. The molecule has 1 heterocycles. The summed E-state index contributed by atoms with van der Waals surface area (Å²) in [6.45, 7) is 4.03. The summed E-state index contributed by atoms with van der Waals surface area (Å²) in [4.78, 5) is 46.0. The molecule has 6 atom stereocenters. The number of esters is 4. The number of carbonyl (C=O) groups is 4. The van der Waals surface area contributed by atoms with Crippen LogP contribution >= 0.6 is 0 Å². The molecule has 0 unspecified atom stereocenters. The third-order valence-electron chi connectivity index (χ3n) is 3.62. The van der Waals surface area contributed by atoms with Crippen molar-refractivity contribution in [2.75, 3.05) is 12.4 Å². The lowest BCUT2D eigenvalue weighted by Crippen LogP contribution is -2.63. The Kier molecular flexibility index (Phi) is 9.70. The molecule has 162 valence electrons. The highest BCUT2D eigenvalue weighted by Crippen LogP contribution is 2.31. The largest absolute Gasteiger partial charge is 0.463 e. The van der Waals surface area contributed by atoms with Crippen LogP contribution in [0, 0.1) is 11.3 Å². The summed E-state index contributed by atoms with van der Waals surface area (Å²) in [6.07, 6.45) is -5.28. The third-order valence-corrected chi connectivity index (χ3v) is 5.13. The van der Waals surface area contributed by atoms with Crippen LogP contribution in [-0.2, 0) is 53.7 Å². The second kappa shape index (κ2) is 11.5. The second-order valence-electron chi connectivity index (χ2n) is 6.06. The Morgan fingerprint density at radius 3 is 1.90 bits per heavy atom. The minimum absolute atomic E-state index is 0.0700. The van der Waals surface area contributed by atoms with Gasteiger partial charge in [-0.25, -0.2) is 0 Å². The normalized spacial score (nSPS) is 27.1. The zero-order chi connectivity index (χ0) is 22.1. The van der Waals surface area contributed by atoms with Gasteiger partial charge in [-0.1, -0.05) is 0 Å². The highest BCUT2D eigenvalue weighted by molar-refractivity contribution is 7.85. The van der Waals surface area contributed by atoms with Gasteiger partial charge >= 0.3 is 23.9 Å². The molecule has 11 nitrogen and oxygen atoms in total. The molecule has 0 saturated carbocycles. The van der Waals surface area contributed by atoms with Gasteiger partial charge in [0.2, 0.25) is 0 Å². The van der Waals surface area contributed by atoms with E-state index >= 15 is 0 Å². The molecule has 0 aromatic carbocycles. The van der Waals surface area contributed by atoms with E-state index in [1.54, 1.807) is 0 Å². The van der Waals surface area contributed by atoms with Crippen molar-refractivity contribution in [3.8, 4) is 6.07 Å². The maximum atomic E-state index is 12.7. The molecule has 1 fully saturated rings. The fourth-order valence-corrected chi connectivity index (χ4v) is 3.96. The summed E-state index contributed by atoms with van der Waals surface area (Å²) < 4.78 is 38.9. The molecule has 29 heavy (non-hydrogen) atoms. The topological polar surface area (TPSA) is 155 Å². The zero-order valence-electron chi connectivity index (χ0n) is 16.4. The maximum Gasteiger partial charge on any atom is 0.303 e. The molecule has 0 spiro atoms. The molecule has 1 rings (SSSR count). The van der Waals surface area contributed by atoms with Gasteiger partial charge in [-0.15, -0.1) is 0 Å². The maximum absolute atomic E-state index is 12.7. The van der Waals surface area contributed by atoms with Crippen molar-refractivity contribution < 1.29 is 47.1 Å². The van der Waals surface area contributed by atoms with E-state index in [0.29, 0.717) is 0 Å². The van der Waals surface area contributed by atoms with Crippen molar-refractivity contribution in [3.63, 3.8) is 0 Å². The average Bonchev–Trinajstić information content (AvgIpc) is 2.60. The Bertz CT molecular complexity index is 703. The van der Waals surface area contributed by atoms with Crippen LogP contribution in [0.2, 0.25) is 0 Å². The van der Waals surface area contributed by atoms with Crippen LogP contribution in [0.5, 0.6) is 0 Å². The molecule has 0 N–H and O–H groups in total. The van der Waals surface area contributed by atoms with Crippen LogP contribution in [0.3, 0.4) is 0 Å². The van der Waals surface area contributed by atoms with Gasteiger partial charge in [0.05, 0.1) is 16.9 Å². The second-order valence-corrected chi connectivity index (χ2v) is 7.69. The predicted molar refractivity (Wildman–Crippen MR) is 95.2 cm³/mol. The first-order valence-corrected chi connectivity index (χ1v) is 9.99. The average molecular weight is 433 g/mol. The van der Waals surface area contributed by atoms with E-state index in [9.17, 15) is 23.4 Å². The van der Waals surface area contributed by atoms with Gasteiger partial charge in [0.1, 0.15) is 12.7 Å². The van der Waals surface area contributed by atoms with E-state index in [1.165, 1.54) is 0 Å². The lowest BCUT2D eigenvalue weighted by molar-refractivity contribution is -0.238. The summed E-state index contributed by atoms with van der Waals surface area (Å²) in [5.41, 5.74) is -1.32. The Hall–Kier alpha value is -2.52. The smallest absolute Gasteiger partial charge is 0.303 e. The monoisotopic (exact) mass is 433 g/mol. The van der Waals surface area contributed by atoms with E-state index in [4.69, 9.17) is 28.9 Å². The quantitative estimate of drug-likeness (QED) is 0.367. The highest BCUT2D eigenvalue weighted by atomic mass is 32.2. The number of hydrogen-bond acceptors (Lipinski definition) is 11. The summed E-state index contributed by atoms with van der Waals surface area (Å²) in [6, 6.07) is 1.84. The molecule has 0 aliphatic carbocycles. The molecular weight excluding hydrogens is 410 g/mol. The summed E-state index contributed by atoms with van der Waals surface area (Å²) >= 11 is 0. The van der Waals surface area contributed by atoms with Crippen molar-refractivity contribution in [1.82, 2.24) is 0 Å². The van der Waals surface area contributed by atoms with Gasteiger partial charge in [-0.2, -0.15) is 5.26 Å². The van der Waals surface area contributed by atoms with Crippen molar-refractivity contribution in [2.45, 2.75) is 64.0 Å². The van der Waals surface area contributed by atoms with Crippen LogP contribution in [0.4, 0.5) is 0 Å². The number of carbonyl (C=O) groups excluding carboxylic acids is 4. The number of ether oxygens (including phenoxy) is 5. The molecule has 0 radical (unpaired) electrons. The van der Waals surface area contributed by atoms with Gasteiger partial charge in [-0.05, 0) is 0 Å². The fourth-order valence-electron chi connectivity index (χ4n) is 2.66. The van der Waals surface area contributed by atoms with Crippen molar-refractivity contribution >= 4 is 34.7 Å². The number of nitriles is 1. The summed E-state index contributed by atoms with van der Waals surface area (Å²) in [5, 5.41) is 8.74. The van der Waals surface area contributed by atoms with Crippen LogP contribution in [0.15, 0.2) is 0 Å². The van der Waals surface area contributed by atoms with Gasteiger partial charge in [-0.3, -0.25) is 23.4 Å². The zero-order valence-corrected chi connectivity index (χ0v) is 17.3. The molecule has 0 amide bonds. The molecule has 1 saturated heterocycles. The molecule has 1 aliphatic heterocycles. The van der Waals surface area contributed by atoms with E-state index < -0.39 is 71.1 Å². The summed E-state index contributed by atoms with van der Waals surface area (Å²) in [5.74, 6) is -3.07. The molecule has 0 aromatic rings. The fraction of sp³-hybridized carbons (Fsp3) is 0.706. The van der Waals surface area contributed by atoms with Crippen molar-refractivity contribution in [3.05, 3.63) is 0 Å². The van der Waals surface area contributed by atoms with Crippen molar-refractivity contribution in [1.29, 1.82) is 5.26 Å².